The average molecular weight is 263 g/mol. The Balaban J connectivity index is 2.47. The maximum absolute atomic E-state index is 12.2. The molecule has 0 spiro atoms. The standard InChI is InChI=1S/C16H25NO2/c1-4-6-7-12-17-13(3)16(18)14-8-10-15(11-9-14)19-5-2/h8-11,13,17H,4-7,12H2,1-3H3. The van der Waals surface area contributed by atoms with Crippen molar-refractivity contribution < 1.29 is 9.53 Å². The van der Waals surface area contributed by atoms with E-state index in [-0.39, 0.29) is 11.8 Å². The van der Waals surface area contributed by atoms with Gasteiger partial charge in [-0.05, 0) is 51.1 Å². The van der Waals surface area contributed by atoms with Crippen molar-refractivity contribution in [1.82, 2.24) is 5.32 Å². The van der Waals surface area contributed by atoms with Crippen LogP contribution in [0.2, 0.25) is 0 Å². The van der Waals surface area contributed by atoms with Crippen LogP contribution in [0.15, 0.2) is 24.3 Å². The molecule has 3 heteroatoms. The fourth-order valence-electron chi connectivity index (χ4n) is 1.92. The minimum absolute atomic E-state index is 0.130. The van der Waals surface area contributed by atoms with Gasteiger partial charge in [-0.1, -0.05) is 19.8 Å². The summed E-state index contributed by atoms with van der Waals surface area (Å²) in [5.41, 5.74) is 0.735. The van der Waals surface area contributed by atoms with Crippen LogP contribution in [0.1, 0.15) is 50.4 Å². The van der Waals surface area contributed by atoms with Gasteiger partial charge in [0.05, 0.1) is 12.6 Å². The van der Waals surface area contributed by atoms with Gasteiger partial charge in [0.15, 0.2) is 5.78 Å². The Kier molecular flexibility index (Phi) is 7.19. The van der Waals surface area contributed by atoms with Crippen molar-refractivity contribution in [3.63, 3.8) is 0 Å². The number of nitrogens with one attached hydrogen (secondary N) is 1. The normalized spacial score (nSPS) is 12.2. The Morgan fingerprint density at radius 2 is 1.89 bits per heavy atom. The molecule has 0 radical (unpaired) electrons. The summed E-state index contributed by atoms with van der Waals surface area (Å²) in [6, 6.07) is 7.23. The van der Waals surface area contributed by atoms with Gasteiger partial charge in [-0.15, -0.1) is 0 Å². The molecule has 0 aliphatic heterocycles. The molecule has 1 aromatic rings. The van der Waals surface area contributed by atoms with Gasteiger partial charge in [-0.3, -0.25) is 4.79 Å². The molecule has 1 atom stereocenters. The van der Waals surface area contributed by atoms with E-state index in [0.717, 1.165) is 24.3 Å². The lowest BCUT2D eigenvalue weighted by molar-refractivity contribution is 0.0951. The molecule has 3 nitrogen and oxygen atoms in total. The zero-order valence-corrected chi connectivity index (χ0v) is 12.2. The highest BCUT2D eigenvalue weighted by atomic mass is 16.5. The number of hydrogen-bond donors (Lipinski definition) is 1. The first-order valence-corrected chi connectivity index (χ1v) is 7.19. The summed E-state index contributed by atoms with van der Waals surface area (Å²) >= 11 is 0. The molecular weight excluding hydrogens is 238 g/mol. The van der Waals surface area contributed by atoms with Crippen LogP contribution in [-0.4, -0.2) is 25.0 Å². The number of rotatable bonds is 9. The van der Waals surface area contributed by atoms with E-state index in [4.69, 9.17) is 4.74 Å². The molecule has 0 saturated heterocycles. The minimum Gasteiger partial charge on any atom is -0.494 e. The third-order valence-electron chi connectivity index (χ3n) is 3.07. The molecule has 0 bridgehead atoms. The van der Waals surface area contributed by atoms with Crippen molar-refractivity contribution in [3.05, 3.63) is 29.8 Å². The Morgan fingerprint density at radius 3 is 2.47 bits per heavy atom. The summed E-state index contributed by atoms with van der Waals surface area (Å²) < 4.78 is 5.37. The summed E-state index contributed by atoms with van der Waals surface area (Å²) in [5.74, 6) is 0.946. The van der Waals surface area contributed by atoms with Crippen LogP contribution >= 0.6 is 0 Å². The van der Waals surface area contributed by atoms with Crippen LogP contribution in [0, 0.1) is 0 Å². The van der Waals surface area contributed by atoms with Gasteiger partial charge in [0.25, 0.3) is 0 Å². The zero-order chi connectivity index (χ0) is 14.1. The Morgan fingerprint density at radius 1 is 1.21 bits per heavy atom. The molecule has 0 fully saturated rings. The van der Waals surface area contributed by atoms with Gasteiger partial charge in [0.1, 0.15) is 5.75 Å². The lowest BCUT2D eigenvalue weighted by Crippen LogP contribution is -2.34. The molecule has 19 heavy (non-hydrogen) atoms. The van der Waals surface area contributed by atoms with E-state index < -0.39 is 0 Å². The lowest BCUT2D eigenvalue weighted by atomic mass is 10.1. The number of unbranched alkanes of at least 4 members (excludes halogenated alkanes) is 2. The molecular formula is C16H25NO2. The summed E-state index contributed by atoms with van der Waals surface area (Å²) in [6.45, 7) is 7.58. The minimum atomic E-state index is -0.130. The van der Waals surface area contributed by atoms with Gasteiger partial charge < -0.3 is 10.1 Å². The Hall–Kier alpha value is -1.35. The monoisotopic (exact) mass is 263 g/mol. The van der Waals surface area contributed by atoms with Crippen molar-refractivity contribution in [1.29, 1.82) is 0 Å². The predicted octanol–water partition coefficient (Wildman–Crippen LogP) is 3.44. The Labute approximate surface area is 116 Å². The average Bonchev–Trinajstić information content (AvgIpc) is 2.44. The van der Waals surface area contributed by atoms with E-state index in [1.165, 1.54) is 12.8 Å². The first-order valence-electron chi connectivity index (χ1n) is 7.19. The maximum atomic E-state index is 12.2. The number of hydrogen-bond acceptors (Lipinski definition) is 3. The van der Waals surface area contributed by atoms with E-state index >= 15 is 0 Å². The fraction of sp³-hybridized carbons (Fsp3) is 0.562. The highest BCUT2D eigenvalue weighted by Gasteiger charge is 2.14. The highest BCUT2D eigenvalue weighted by Crippen LogP contribution is 2.13. The lowest BCUT2D eigenvalue weighted by Gasteiger charge is -2.13. The third-order valence-corrected chi connectivity index (χ3v) is 3.07. The van der Waals surface area contributed by atoms with Crippen molar-refractivity contribution in [2.45, 2.75) is 46.1 Å². The second-order valence-electron chi connectivity index (χ2n) is 4.70. The summed E-state index contributed by atoms with van der Waals surface area (Å²) in [4.78, 5) is 12.2. The molecule has 1 rings (SSSR count). The summed E-state index contributed by atoms with van der Waals surface area (Å²) in [5, 5.41) is 3.27. The number of benzene rings is 1. The number of Topliss-reactive ketones (excluding diaryl/α,β-unsaturated/α-hetero) is 1. The van der Waals surface area contributed by atoms with Crippen molar-refractivity contribution in [3.8, 4) is 5.75 Å². The largest absolute Gasteiger partial charge is 0.494 e. The zero-order valence-electron chi connectivity index (χ0n) is 12.2. The van der Waals surface area contributed by atoms with Crippen LogP contribution in [0.5, 0.6) is 5.75 Å². The van der Waals surface area contributed by atoms with Crippen LogP contribution in [0.3, 0.4) is 0 Å². The second-order valence-corrected chi connectivity index (χ2v) is 4.70. The van der Waals surface area contributed by atoms with E-state index in [0.29, 0.717) is 6.61 Å². The van der Waals surface area contributed by atoms with Crippen LogP contribution < -0.4 is 10.1 Å². The molecule has 0 aliphatic rings. The van der Waals surface area contributed by atoms with Gasteiger partial charge in [-0.25, -0.2) is 0 Å². The molecule has 106 valence electrons. The smallest absolute Gasteiger partial charge is 0.179 e. The van der Waals surface area contributed by atoms with Crippen molar-refractivity contribution in [2.75, 3.05) is 13.2 Å². The third kappa shape index (κ3) is 5.43. The van der Waals surface area contributed by atoms with E-state index in [9.17, 15) is 4.79 Å². The molecule has 0 amide bonds. The van der Waals surface area contributed by atoms with Gasteiger partial charge in [0, 0.05) is 5.56 Å². The van der Waals surface area contributed by atoms with Gasteiger partial charge >= 0.3 is 0 Å². The molecule has 0 saturated carbocycles. The predicted molar refractivity (Wildman–Crippen MR) is 78.9 cm³/mol. The number of carbonyl (C=O) groups excluding carboxylic acids is 1. The topological polar surface area (TPSA) is 38.3 Å². The van der Waals surface area contributed by atoms with Crippen LogP contribution in [-0.2, 0) is 0 Å². The van der Waals surface area contributed by atoms with E-state index in [1.54, 1.807) is 0 Å². The van der Waals surface area contributed by atoms with Crippen LogP contribution in [0.25, 0.3) is 0 Å². The first kappa shape index (κ1) is 15.7. The number of ketones is 1. The molecule has 0 heterocycles. The van der Waals surface area contributed by atoms with Gasteiger partial charge in [-0.2, -0.15) is 0 Å². The SMILES string of the molecule is CCCCCNC(C)C(=O)c1ccc(OCC)cc1. The van der Waals surface area contributed by atoms with E-state index in [2.05, 4.69) is 12.2 Å². The van der Waals surface area contributed by atoms with E-state index in [1.807, 2.05) is 38.1 Å². The fourth-order valence-corrected chi connectivity index (χ4v) is 1.92. The molecule has 1 unspecified atom stereocenters. The molecule has 1 N–H and O–H groups in total. The van der Waals surface area contributed by atoms with Crippen molar-refractivity contribution in [2.24, 2.45) is 0 Å². The summed E-state index contributed by atoms with van der Waals surface area (Å²) in [7, 11) is 0. The molecule has 0 aliphatic carbocycles. The molecule has 0 aromatic heterocycles. The first-order chi connectivity index (χ1) is 9.19. The summed E-state index contributed by atoms with van der Waals surface area (Å²) in [6.07, 6.45) is 3.53. The highest BCUT2D eigenvalue weighted by molar-refractivity contribution is 5.99. The maximum Gasteiger partial charge on any atom is 0.179 e. The quantitative estimate of drug-likeness (QED) is 0.548. The van der Waals surface area contributed by atoms with Gasteiger partial charge in [0.2, 0.25) is 0 Å². The van der Waals surface area contributed by atoms with Crippen molar-refractivity contribution >= 4 is 5.78 Å². The second kappa shape index (κ2) is 8.70. The molecule has 1 aromatic carbocycles. The number of ether oxygens (including phenoxy) is 1. The Bertz CT molecular complexity index is 373. The number of carbonyl (C=O) groups is 1. The van der Waals surface area contributed by atoms with Crippen LogP contribution in [0.4, 0.5) is 0 Å².